The van der Waals surface area contributed by atoms with E-state index in [1.807, 2.05) is 0 Å². The van der Waals surface area contributed by atoms with Crippen molar-refractivity contribution in [3.63, 3.8) is 0 Å². The van der Waals surface area contributed by atoms with Gasteiger partial charge in [-0.1, -0.05) is 0 Å². The second-order valence-corrected chi connectivity index (χ2v) is 5.61. The maximum Gasteiger partial charge on any atom is 0.242 e. The summed E-state index contributed by atoms with van der Waals surface area (Å²) in [5.41, 5.74) is 1.15. The van der Waals surface area contributed by atoms with Crippen LogP contribution in [0.15, 0.2) is 17.0 Å². The molecule has 2 aromatic rings. The maximum absolute atomic E-state index is 11.9. The topological polar surface area (TPSA) is 84.2 Å². The number of sulfonamides is 1. The Kier molecular flexibility index (Phi) is 2.59. The molecule has 1 aromatic carbocycles. The first-order valence-electron chi connectivity index (χ1n) is 4.96. The van der Waals surface area contributed by atoms with Crippen molar-refractivity contribution in [1.82, 2.24) is 14.5 Å². The van der Waals surface area contributed by atoms with Crippen molar-refractivity contribution in [3.05, 3.63) is 17.8 Å². The smallest absolute Gasteiger partial charge is 0.242 e. The van der Waals surface area contributed by atoms with Crippen molar-refractivity contribution in [2.24, 2.45) is 7.05 Å². The summed E-state index contributed by atoms with van der Waals surface area (Å²) in [5, 5.41) is 14.4. The summed E-state index contributed by atoms with van der Waals surface area (Å²) in [6.45, 7) is 1.76. The van der Waals surface area contributed by atoms with Gasteiger partial charge in [-0.3, -0.25) is 4.68 Å². The number of hydrogen-bond acceptors (Lipinski definition) is 4. The minimum Gasteiger partial charge on any atom is -0.508 e. The van der Waals surface area contributed by atoms with Crippen LogP contribution in [-0.4, -0.2) is 30.4 Å². The lowest BCUT2D eigenvalue weighted by Gasteiger charge is -2.06. The average molecular weight is 255 g/mol. The highest BCUT2D eigenvalue weighted by atomic mass is 32.2. The van der Waals surface area contributed by atoms with E-state index >= 15 is 0 Å². The van der Waals surface area contributed by atoms with Crippen molar-refractivity contribution in [3.8, 4) is 5.75 Å². The lowest BCUT2D eigenvalue weighted by atomic mass is 10.2. The summed E-state index contributed by atoms with van der Waals surface area (Å²) in [7, 11) is -0.632. The second kappa shape index (κ2) is 3.71. The molecule has 1 heterocycles. The molecule has 0 saturated heterocycles. The highest BCUT2D eigenvalue weighted by molar-refractivity contribution is 7.89. The van der Waals surface area contributed by atoms with Crippen LogP contribution >= 0.6 is 0 Å². The van der Waals surface area contributed by atoms with Gasteiger partial charge in [0.1, 0.15) is 10.6 Å². The number of aromatic hydroxyl groups is 1. The summed E-state index contributed by atoms with van der Waals surface area (Å²) in [6.07, 6.45) is 0. The summed E-state index contributed by atoms with van der Waals surface area (Å²) >= 11 is 0. The molecule has 0 aliphatic heterocycles. The molecule has 0 aliphatic rings. The molecular formula is C10H13N3O3S. The fraction of sp³-hybridized carbons (Fsp3) is 0.300. The number of nitrogens with zero attached hydrogens (tertiary/aromatic N) is 2. The van der Waals surface area contributed by atoms with Crippen molar-refractivity contribution in [2.45, 2.75) is 11.8 Å². The summed E-state index contributed by atoms with van der Waals surface area (Å²) < 4.78 is 27.5. The molecule has 0 bridgehead atoms. The third-order valence-corrected chi connectivity index (χ3v) is 4.06. The summed E-state index contributed by atoms with van der Waals surface area (Å²) in [5.74, 6) is -0.0950. The second-order valence-electron chi connectivity index (χ2n) is 3.76. The zero-order chi connectivity index (χ0) is 12.8. The molecule has 2 rings (SSSR count). The van der Waals surface area contributed by atoms with Crippen LogP contribution in [0, 0.1) is 6.92 Å². The van der Waals surface area contributed by atoms with Gasteiger partial charge in [0, 0.05) is 18.5 Å². The normalized spacial score (nSPS) is 12.2. The lowest BCUT2D eigenvalue weighted by molar-refractivity contribution is 0.474. The Morgan fingerprint density at radius 2 is 2.06 bits per heavy atom. The highest BCUT2D eigenvalue weighted by Gasteiger charge is 2.20. The average Bonchev–Trinajstić information content (AvgIpc) is 2.53. The minimum absolute atomic E-state index is 0.0260. The Balaban J connectivity index is 2.98. The molecule has 0 radical (unpaired) electrons. The van der Waals surface area contributed by atoms with Crippen LogP contribution in [-0.2, 0) is 17.1 Å². The number of rotatable bonds is 2. The summed E-state index contributed by atoms with van der Waals surface area (Å²) in [4.78, 5) is 0.0260. The molecule has 7 heteroatoms. The van der Waals surface area contributed by atoms with E-state index in [0.717, 1.165) is 0 Å². The first kappa shape index (κ1) is 11.9. The molecule has 6 nitrogen and oxygen atoms in total. The molecule has 0 atom stereocenters. The Bertz CT molecular complexity index is 688. The number of hydrogen-bond donors (Lipinski definition) is 2. The first-order chi connectivity index (χ1) is 7.86. The van der Waals surface area contributed by atoms with Crippen molar-refractivity contribution in [2.75, 3.05) is 7.05 Å². The van der Waals surface area contributed by atoms with Crippen LogP contribution in [0.2, 0.25) is 0 Å². The van der Waals surface area contributed by atoms with Gasteiger partial charge in [-0.2, -0.15) is 5.10 Å². The van der Waals surface area contributed by atoms with Crippen LogP contribution in [0.25, 0.3) is 10.9 Å². The molecule has 0 fully saturated rings. The van der Waals surface area contributed by atoms with Gasteiger partial charge >= 0.3 is 0 Å². The Labute approximate surface area is 98.9 Å². The molecule has 1 aromatic heterocycles. The number of nitrogens with one attached hydrogen (secondary N) is 1. The van der Waals surface area contributed by atoms with Crippen LogP contribution in [0.3, 0.4) is 0 Å². The monoisotopic (exact) mass is 255 g/mol. The number of phenols is 1. The van der Waals surface area contributed by atoms with E-state index in [2.05, 4.69) is 9.82 Å². The number of aryl methyl sites for hydroxylation is 2. The van der Waals surface area contributed by atoms with Crippen LogP contribution in [0.5, 0.6) is 5.75 Å². The molecule has 0 spiro atoms. The van der Waals surface area contributed by atoms with Gasteiger partial charge in [0.25, 0.3) is 0 Å². The predicted octanol–water partition coefficient (Wildman–Crippen LogP) is 0.495. The van der Waals surface area contributed by atoms with Gasteiger partial charge in [0.15, 0.2) is 0 Å². The Morgan fingerprint density at radius 3 is 2.65 bits per heavy atom. The third kappa shape index (κ3) is 1.77. The van der Waals surface area contributed by atoms with E-state index in [9.17, 15) is 13.5 Å². The van der Waals surface area contributed by atoms with Gasteiger partial charge in [-0.05, 0) is 20.0 Å². The van der Waals surface area contributed by atoms with Crippen molar-refractivity contribution >= 4 is 20.9 Å². The van der Waals surface area contributed by atoms with E-state index in [1.54, 1.807) is 14.0 Å². The zero-order valence-electron chi connectivity index (χ0n) is 9.72. The molecule has 2 N–H and O–H groups in total. The van der Waals surface area contributed by atoms with Gasteiger partial charge in [0.2, 0.25) is 10.0 Å². The molecular weight excluding hydrogens is 242 g/mol. The Hall–Kier alpha value is -1.60. The largest absolute Gasteiger partial charge is 0.508 e. The molecule has 17 heavy (non-hydrogen) atoms. The van der Waals surface area contributed by atoms with Crippen molar-refractivity contribution < 1.29 is 13.5 Å². The maximum atomic E-state index is 11.9. The van der Waals surface area contributed by atoms with Crippen molar-refractivity contribution in [1.29, 1.82) is 0 Å². The quantitative estimate of drug-likeness (QED) is 0.818. The number of benzene rings is 1. The fourth-order valence-electron chi connectivity index (χ4n) is 1.85. The lowest BCUT2D eigenvalue weighted by Crippen LogP contribution is -2.19. The molecule has 0 unspecified atom stereocenters. The zero-order valence-corrected chi connectivity index (χ0v) is 10.5. The number of aromatic nitrogens is 2. The summed E-state index contributed by atoms with van der Waals surface area (Å²) in [6, 6.07) is 2.72. The Morgan fingerprint density at radius 1 is 1.41 bits per heavy atom. The van der Waals surface area contributed by atoms with Gasteiger partial charge in [0.05, 0.1) is 11.2 Å². The molecule has 0 saturated carbocycles. The van der Waals surface area contributed by atoms with Crippen LogP contribution in [0.4, 0.5) is 0 Å². The third-order valence-electron chi connectivity index (χ3n) is 2.63. The van der Waals surface area contributed by atoms with Gasteiger partial charge in [-0.25, -0.2) is 13.1 Å². The highest BCUT2D eigenvalue weighted by Crippen LogP contribution is 2.29. The van der Waals surface area contributed by atoms with E-state index < -0.39 is 10.0 Å². The minimum atomic E-state index is -3.63. The van der Waals surface area contributed by atoms with E-state index in [0.29, 0.717) is 16.6 Å². The van der Waals surface area contributed by atoms with Crippen LogP contribution < -0.4 is 4.72 Å². The predicted molar refractivity (Wildman–Crippen MR) is 63.4 cm³/mol. The van der Waals surface area contributed by atoms with Gasteiger partial charge in [-0.15, -0.1) is 0 Å². The van der Waals surface area contributed by atoms with E-state index in [-0.39, 0.29) is 10.6 Å². The molecule has 0 amide bonds. The first-order valence-corrected chi connectivity index (χ1v) is 6.45. The van der Waals surface area contributed by atoms with E-state index in [4.69, 9.17) is 0 Å². The van der Waals surface area contributed by atoms with E-state index in [1.165, 1.54) is 23.9 Å². The molecule has 92 valence electrons. The number of phenolic OH excluding ortho intramolecular Hbond substituents is 1. The number of fused-ring (bicyclic) bond motifs is 1. The van der Waals surface area contributed by atoms with Crippen LogP contribution in [0.1, 0.15) is 5.69 Å². The SMILES string of the molecule is CNS(=O)(=O)c1cc(O)cc2c(C)nn(C)c12. The molecule has 0 aliphatic carbocycles. The fourth-order valence-corrected chi connectivity index (χ4v) is 2.84. The standard InChI is InChI=1S/C10H13N3O3S/c1-6-8-4-7(14)5-9(17(15,16)11-2)10(8)13(3)12-6/h4-5,11,14H,1-3H3. The van der Waals surface area contributed by atoms with Gasteiger partial charge < -0.3 is 5.11 Å².